The minimum atomic E-state index is 0.130. The third-order valence-corrected chi connectivity index (χ3v) is 4.21. The molecule has 1 fully saturated rings. The van der Waals surface area contributed by atoms with E-state index in [9.17, 15) is 4.79 Å². The average Bonchev–Trinajstić information content (AvgIpc) is 2.83. The van der Waals surface area contributed by atoms with E-state index >= 15 is 0 Å². The van der Waals surface area contributed by atoms with Crippen LogP contribution in [0.4, 0.5) is 0 Å². The molecule has 1 saturated heterocycles. The van der Waals surface area contributed by atoms with Gasteiger partial charge in [-0.15, -0.1) is 0 Å². The highest BCUT2D eigenvalue weighted by atomic mass is 16.5. The second-order valence-electron chi connectivity index (χ2n) is 5.97. The summed E-state index contributed by atoms with van der Waals surface area (Å²) in [5, 5.41) is 0. The van der Waals surface area contributed by atoms with Crippen molar-refractivity contribution in [2.75, 3.05) is 34.3 Å². The first kappa shape index (κ1) is 15.9. The molecule has 0 N–H and O–H groups in total. The number of aromatic nitrogens is 1. The lowest BCUT2D eigenvalue weighted by atomic mass is 10.0. The first-order chi connectivity index (χ1) is 10.0. The van der Waals surface area contributed by atoms with E-state index in [0.29, 0.717) is 6.42 Å². The van der Waals surface area contributed by atoms with E-state index in [-0.39, 0.29) is 17.9 Å². The molecule has 1 amide bonds. The van der Waals surface area contributed by atoms with Gasteiger partial charge in [-0.2, -0.15) is 0 Å². The highest BCUT2D eigenvalue weighted by Crippen LogP contribution is 2.25. The summed E-state index contributed by atoms with van der Waals surface area (Å²) in [5.74, 6) is 0.434. The number of likely N-dealkylation sites (tertiary alicyclic amines) is 1. The predicted molar refractivity (Wildman–Crippen MR) is 81.8 cm³/mol. The predicted octanol–water partition coefficient (Wildman–Crippen LogP) is 1.32. The summed E-state index contributed by atoms with van der Waals surface area (Å²) in [4.78, 5) is 20.3. The van der Waals surface area contributed by atoms with Crippen LogP contribution in [0.25, 0.3) is 0 Å². The summed E-state index contributed by atoms with van der Waals surface area (Å²) >= 11 is 0. The van der Waals surface area contributed by atoms with Gasteiger partial charge in [0.05, 0.1) is 6.10 Å². The van der Waals surface area contributed by atoms with Crippen LogP contribution in [0.5, 0.6) is 0 Å². The van der Waals surface area contributed by atoms with Gasteiger partial charge >= 0.3 is 0 Å². The van der Waals surface area contributed by atoms with Gasteiger partial charge in [-0.05, 0) is 18.6 Å². The Hall–Kier alpha value is -1.46. The minimum Gasteiger partial charge on any atom is -0.380 e. The number of pyridine rings is 1. The topological polar surface area (TPSA) is 45.7 Å². The van der Waals surface area contributed by atoms with Gasteiger partial charge in [0.25, 0.3) is 0 Å². The number of rotatable bonds is 5. The van der Waals surface area contributed by atoms with Crippen LogP contribution in [0.15, 0.2) is 18.3 Å². The van der Waals surface area contributed by atoms with Crippen LogP contribution in [0.3, 0.4) is 0 Å². The molecule has 2 heterocycles. The Morgan fingerprint density at radius 1 is 1.48 bits per heavy atom. The fourth-order valence-corrected chi connectivity index (χ4v) is 2.85. The molecule has 1 aromatic rings. The molecule has 5 heteroatoms. The summed E-state index contributed by atoms with van der Waals surface area (Å²) in [6.07, 6.45) is 2.50. The van der Waals surface area contributed by atoms with E-state index in [1.807, 2.05) is 19.2 Å². The van der Waals surface area contributed by atoms with Crippen molar-refractivity contribution in [2.45, 2.75) is 26.0 Å². The second kappa shape index (κ2) is 7.00. The molecule has 0 saturated carbocycles. The summed E-state index contributed by atoms with van der Waals surface area (Å²) in [7, 11) is 5.34. The van der Waals surface area contributed by atoms with Crippen molar-refractivity contribution in [1.29, 1.82) is 0 Å². The fraction of sp³-hybridized carbons (Fsp3) is 0.625. The van der Waals surface area contributed by atoms with Crippen molar-refractivity contribution in [1.82, 2.24) is 14.8 Å². The number of ether oxygens (including phenoxy) is 1. The zero-order chi connectivity index (χ0) is 15.4. The van der Waals surface area contributed by atoms with Crippen molar-refractivity contribution < 1.29 is 9.53 Å². The van der Waals surface area contributed by atoms with E-state index in [1.54, 1.807) is 26.1 Å². The lowest BCUT2D eigenvalue weighted by molar-refractivity contribution is -0.130. The van der Waals surface area contributed by atoms with Gasteiger partial charge in [0.2, 0.25) is 5.91 Å². The zero-order valence-electron chi connectivity index (χ0n) is 13.4. The quantitative estimate of drug-likeness (QED) is 0.821. The minimum absolute atomic E-state index is 0.130. The van der Waals surface area contributed by atoms with E-state index in [2.05, 4.69) is 16.0 Å². The van der Waals surface area contributed by atoms with E-state index in [1.165, 1.54) is 5.56 Å². The lowest BCUT2D eigenvalue weighted by Gasteiger charge is -2.18. The maximum Gasteiger partial charge on any atom is 0.222 e. The Bertz CT molecular complexity index is 490. The molecule has 1 aliphatic rings. The molecule has 2 rings (SSSR count). The van der Waals surface area contributed by atoms with Crippen molar-refractivity contribution in [3.05, 3.63) is 29.6 Å². The largest absolute Gasteiger partial charge is 0.380 e. The lowest BCUT2D eigenvalue weighted by Crippen LogP contribution is -2.29. The first-order valence-corrected chi connectivity index (χ1v) is 7.37. The van der Waals surface area contributed by atoms with Crippen LogP contribution in [-0.4, -0.2) is 61.1 Å². The first-order valence-electron chi connectivity index (χ1n) is 7.37. The number of hydrogen-bond donors (Lipinski definition) is 0. The Balaban J connectivity index is 1.98. The molecule has 1 aliphatic heterocycles. The molecule has 0 aromatic carbocycles. The molecule has 5 nitrogen and oxygen atoms in total. The summed E-state index contributed by atoms with van der Waals surface area (Å²) < 4.78 is 5.57. The molecule has 0 unspecified atom stereocenters. The van der Waals surface area contributed by atoms with Gasteiger partial charge in [-0.1, -0.05) is 6.07 Å². The van der Waals surface area contributed by atoms with E-state index < -0.39 is 0 Å². The molecule has 2 atom stereocenters. The van der Waals surface area contributed by atoms with Crippen molar-refractivity contribution in [3.63, 3.8) is 0 Å². The molecule has 0 spiro atoms. The SMILES string of the molecule is CO[C@H]1CN(Cc2cccnc2C)C[C@H]1CC(=O)N(C)C. The van der Waals surface area contributed by atoms with Crippen molar-refractivity contribution in [3.8, 4) is 0 Å². The zero-order valence-corrected chi connectivity index (χ0v) is 13.4. The Morgan fingerprint density at radius 3 is 2.86 bits per heavy atom. The summed E-state index contributed by atoms with van der Waals surface area (Å²) in [6, 6.07) is 4.09. The fourth-order valence-electron chi connectivity index (χ4n) is 2.85. The van der Waals surface area contributed by atoms with Gasteiger partial charge in [0.1, 0.15) is 0 Å². The second-order valence-corrected chi connectivity index (χ2v) is 5.97. The van der Waals surface area contributed by atoms with Crippen molar-refractivity contribution in [2.24, 2.45) is 5.92 Å². The van der Waals surface area contributed by atoms with Crippen LogP contribution in [0, 0.1) is 12.8 Å². The number of amides is 1. The van der Waals surface area contributed by atoms with Gasteiger partial charge in [-0.25, -0.2) is 0 Å². The van der Waals surface area contributed by atoms with Gasteiger partial charge in [0, 0.05) is 65.1 Å². The molecule has 116 valence electrons. The number of carbonyl (C=O) groups is 1. The van der Waals surface area contributed by atoms with E-state index in [4.69, 9.17) is 4.74 Å². The molecule has 0 radical (unpaired) electrons. The smallest absolute Gasteiger partial charge is 0.222 e. The van der Waals surface area contributed by atoms with Gasteiger partial charge in [0.15, 0.2) is 0 Å². The highest BCUT2D eigenvalue weighted by Gasteiger charge is 2.34. The van der Waals surface area contributed by atoms with E-state index in [0.717, 1.165) is 25.3 Å². The highest BCUT2D eigenvalue weighted by molar-refractivity contribution is 5.75. The summed E-state index contributed by atoms with van der Waals surface area (Å²) in [6.45, 7) is 4.67. The molecular formula is C16H25N3O2. The Labute approximate surface area is 126 Å². The Kier molecular flexibility index (Phi) is 5.31. The van der Waals surface area contributed by atoms with Crippen LogP contribution in [-0.2, 0) is 16.1 Å². The van der Waals surface area contributed by atoms with Crippen molar-refractivity contribution >= 4 is 5.91 Å². The molecule has 1 aromatic heterocycles. The summed E-state index contributed by atoms with van der Waals surface area (Å²) in [5.41, 5.74) is 2.31. The number of methoxy groups -OCH3 is 1. The van der Waals surface area contributed by atoms with Crippen LogP contribution >= 0.6 is 0 Å². The molecule has 21 heavy (non-hydrogen) atoms. The molecule has 0 bridgehead atoms. The number of nitrogens with zero attached hydrogens (tertiary/aromatic N) is 3. The molecule has 0 aliphatic carbocycles. The third kappa shape index (κ3) is 4.02. The Morgan fingerprint density at radius 2 is 2.24 bits per heavy atom. The third-order valence-electron chi connectivity index (χ3n) is 4.21. The molecular weight excluding hydrogens is 266 g/mol. The number of hydrogen-bond acceptors (Lipinski definition) is 4. The number of carbonyl (C=O) groups excluding carboxylic acids is 1. The van der Waals surface area contributed by atoms with Crippen LogP contribution in [0.2, 0.25) is 0 Å². The monoisotopic (exact) mass is 291 g/mol. The maximum atomic E-state index is 11.9. The maximum absolute atomic E-state index is 11.9. The average molecular weight is 291 g/mol. The van der Waals surface area contributed by atoms with Crippen LogP contribution in [0.1, 0.15) is 17.7 Å². The van der Waals surface area contributed by atoms with Gasteiger partial charge in [-0.3, -0.25) is 14.7 Å². The van der Waals surface area contributed by atoms with Gasteiger partial charge < -0.3 is 9.64 Å². The van der Waals surface area contributed by atoms with Crippen LogP contribution < -0.4 is 0 Å². The number of aryl methyl sites for hydroxylation is 1. The standard InChI is InChI=1S/C16H25N3O2/c1-12-13(6-5-7-17-12)9-19-10-14(15(11-19)21-4)8-16(20)18(2)3/h5-7,14-15H,8-11H2,1-4H3/t14-,15+/m1/s1. The normalized spacial score (nSPS) is 22.5.